The molecule has 126 valence electrons. The number of carboxylic acid groups (broad SMARTS) is 1. The Balaban J connectivity index is 2.17. The Kier molecular flexibility index (Phi) is 4.68. The molecule has 1 fully saturated rings. The lowest BCUT2D eigenvalue weighted by Crippen LogP contribution is -2.59. The van der Waals surface area contributed by atoms with E-state index < -0.39 is 23.0 Å². The largest absolute Gasteiger partial charge is 0.480 e. The minimum atomic E-state index is -1.15. The molecule has 1 aliphatic carbocycles. The highest BCUT2D eigenvalue weighted by Crippen LogP contribution is 2.31. The van der Waals surface area contributed by atoms with Crippen LogP contribution in [0.1, 0.15) is 50.7 Å². The molecule has 0 heterocycles. The Morgan fingerprint density at radius 3 is 2.39 bits per heavy atom. The summed E-state index contributed by atoms with van der Waals surface area (Å²) in [5.41, 5.74) is -0.248. The van der Waals surface area contributed by atoms with Gasteiger partial charge in [0.05, 0.1) is 0 Å². The number of hydrogen-bond donors (Lipinski definition) is 2. The van der Waals surface area contributed by atoms with Gasteiger partial charge in [0, 0.05) is 0 Å². The van der Waals surface area contributed by atoms with E-state index in [1.807, 2.05) is 32.0 Å². The van der Waals surface area contributed by atoms with Crippen LogP contribution in [0.5, 0.6) is 5.75 Å². The summed E-state index contributed by atoms with van der Waals surface area (Å²) in [6, 6.07) is 5.68. The van der Waals surface area contributed by atoms with Crippen molar-refractivity contribution in [1.29, 1.82) is 0 Å². The Morgan fingerprint density at radius 2 is 1.83 bits per heavy atom. The first kappa shape index (κ1) is 17.3. The number of amides is 1. The van der Waals surface area contributed by atoms with E-state index in [1.165, 1.54) is 0 Å². The van der Waals surface area contributed by atoms with Gasteiger partial charge in [-0.2, -0.15) is 0 Å². The number of carbonyl (C=O) groups excluding carboxylic acids is 1. The van der Waals surface area contributed by atoms with Crippen LogP contribution in [0.4, 0.5) is 0 Å². The zero-order valence-corrected chi connectivity index (χ0v) is 14.2. The molecule has 0 radical (unpaired) electrons. The van der Waals surface area contributed by atoms with Crippen LogP contribution >= 0.6 is 0 Å². The van der Waals surface area contributed by atoms with E-state index in [0.717, 1.165) is 24.0 Å². The molecule has 1 saturated carbocycles. The van der Waals surface area contributed by atoms with E-state index in [4.69, 9.17) is 4.74 Å². The van der Waals surface area contributed by atoms with E-state index in [0.29, 0.717) is 18.6 Å². The number of aryl methyl sites for hydroxylation is 1. The minimum Gasteiger partial charge on any atom is -0.480 e. The van der Waals surface area contributed by atoms with Crippen LogP contribution in [0, 0.1) is 13.8 Å². The van der Waals surface area contributed by atoms with Gasteiger partial charge in [-0.05, 0) is 57.7 Å². The van der Waals surface area contributed by atoms with Crippen LogP contribution in [0.15, 0.2) is 18.2 Å². The van der Waals surface area contributed by atoms with Crippen molar-refractivity contribution >= 4 is 11.9 Å². The SMILES string of the molecule is Cc1cccc(OC(C)(C)C(=O)NC2(C(=O)O)CCCC2)c1C. The number of carbonyl (C=O) groups is 2. The Bertz CT molecular complexity index is 615. The zero-order chi connectivity index (χ0) is 17.3. The number of benzene rings is 1. The number of nitrogens with one attached hydrogen (secondary N) is 1. The summed E-state index contributed by atoms with van der Waals surface area (Å²) in [7, 11) is 0. The quantitative estimate of drug-likeness (QED) is 0.875. The molecule has 0 unspecified atom stereocenters. The molecule has 1 aromatic carbocycles. The molecular weight excluding hydrogens is 294 g/mol. The Hall–Kier alpha value is -2.04. The third-order valence-corrected chi connectivity index (χ3v) is 4.69. The molecule has 0 saturated heterocycles. The van der Waals surface area contributed by atoms with E-state index in [2.05, 4.69) is 5.32 Å². The smallest absolute Gasteiger partial charge is 0.329 e. The fourth-order valence-electron chi connectivity index (χ4n) is 2.89. The normalized spacial score (nSPS) is 16.9. The second-order valence-electron chi connectivity index (χ2n) is 6.86. The van der Waals surface area contributed by atoms with Gasteiger partial charge in [-0.1, -0.05) is 25.0 Å². The van der Waals surface area contributed by atoms with Crippen molar-refractivity contribution < 1.29 is 19.4 Å². The van der Waals surface area contributed by atoms with E-state index in [9.17, 15) is 14.7 Å². The average molecular weight is 319 g/mol. The molecule has 5 nitrogen and oxygen atoms in total. The van der Waals surface area contributed by atoms with Gasteiger partial charge in [0.25, 0.3) is 5.91 Å². The lowest BCUT2D eigenvalue weighted by Gasteiger charge is -2.32. The lowest BCUT2D eigenvalue weighted by atomic mass is 9.95. The zero-order valence-electron chi connectivity index (χ0n) is 14.2. The standard InChI is InChI=1S/C18H25NO4/c1-12-8-7-9-14(13(12)2)23-17(3,4)15(20)19-18(16(21)22)10-5-6-11-18/h7-9H,5-6,10-11H2,1-4H3,(H,19,20)(H,21,22). The molecule has 2 rings (SSSR count). The number of rotatable bonds is 5. The predicted molar refractivity (Wildman–Crippen MR) is 87.6 cm³/mol. The fourth-order valence-corrected chi connectivity index (χ4v) is 2.89. The summed E-state index contributed by atoms with van der Waals surface area (Å²) in [4.78, 5) is 24.2. The summed E-state index contributed by atoms with van der Waals surface area (Å²) in [5.74, 6) is -0.727. The Morgan fingerprint density at radius 1 is 1.22 bits per heavy atom. The molecule has 0 aliphatic heterocycles. The highest BCUT2D eigenvalue weighted by Gasteiger charge is 2.45. The molecule has 5 heteroatoms. The highest BCUT2D eigenvalue weighted by molar-refractivity contribution is 5.91. The van der Waals surface area contributed by atoms with E-state index in [1.54, 1.807) is 13.8 Å². The molecule has 1 aromatic rings. The van der Waals surface area contributed by atoms with Crippen molar-refractivity contribution in [3.8, 4) is 5.75 Å². The highest BCUT2D eigenvalue weighted by atomic mass is 16.5. The van der Waals surface area contributed by atoms with Crippen molar-refractivity contribution in [2.24, 2.45) is 0 Å². The van der Waals surface area contributed by atoms with Crippen molar-refractivity contribution in [2.75, 3.05) is 0 Å². The first-order valence-electron chi connectivity index (χ1n) is 7.99. The van der Waals surface area contributed by atoms with Crippen LogP contribution in [0.25, 0.3) is 0 Å². The van der Waals surface area contributed by atoms with Crippen molar-refractivity contribution in [1.82, 2.24) is 5.32 Å². The topological polar surface area (TPSA) is 75.6 Å². The second-order valence-corrected chi connectivity index (χ2v) is 6.86. The van der Waals surface area contributed by atoms with Gasteiger partial charge < -0.3 is 15.2 Å². The maximum absolute atomic E-state index is 12.6. The summed E-state index contributed by atoms with van der Waals surface area (Å²) >= 11 is 0. The van der Waals surface area contributed by atoms with Crippen LogP contribution in [-0.2, 0) is 9.59 Å². The van der Waals surface area contributed by atoms with Crippen LogP contribution < -0.4 is 10.1 Å². The summed E-state index contributed by atoms with van der Waals surface area (Å²) in [6.45, 7) is 7.24. The molecule has 0 atom stereocenters. The first-order valence-corrected chi connectivity index (χ1v) is 7.99. The molecule has 0 aromatic heterocycles. The van der Waals surface area contributed by atoms with Gasteiger partial charge in [-0.25, -0.2) is 4.79 Å². The molecular formula is C18H25NO4. The number of hydrogen-bond acceptors (Lipinski definition) is 3. The van der Waals surface area contributed by atoms with Crippen LogP contribution in [0.2, 0.25) is 0 Å². The minimum absolute atomic E-state index is 0.400. The molecule has 0 bridgehead atoms. The number of ether oxygens (including phenoxy) is 1. The second kappa shape index (κ2) is 6.22. The monoisotopic (exact) mass is 319 g/mol. The predicted octanol–water partition coefficient (Wildman–Crippen LogP) is 2.97. The molecule has 0 spiro atoms. The van der Waals surface area contributed by atoms with Gasteiger partial charge in [-0.15, -0.1) is 0 Å². The molecule has 1 amide bonds. The van der Waals surface area contributed by atoms with Gasteiger partial charge in [0.1, 0.15) is 11.3 Å². The fraction of sp³-hybridized carbons (Fsp3) is 0.556. The van der Waals surface area contributed by atoms with E-state index >= 15 is 0 Å². The summed E-state index contributed by atoms with van der Waals surface area (Å²) < 4.78 is 5.91. The van der Waals surface area contributed by atoms with Gasteiger partial charge >= 0.3 is 5.97 Å². The number of carboxylic acids is 1. The van der Waals surface area contributed by atoms with Gasteiger partial charge in [0.2, 0.25) is 0 Å². The molecule has 1 aliphatic rings. The third kappa shape index (κ3) is 3.49. The van der Waals surface area contributed by atoms with E-state index in [-0.39, 0.29) is 0 Å². The summed E-state index contributed by atoms with van der Waals surface area (Å²) in [5, 5.41) is 12.2. The van der Waals surface area contributed by atoms with Gasteiger partial charge in [-0.3, -0.25) is 4.79 Å². The molecule has 2 N–H and O–H groups in total. The lowest BCUT2D eigenvalue weighted by molar-refractivity contribution is -0.150. The third-order valence-electron chi connectivity index (χ3n) is 4.69. The van der Waals surface area contributed by atoms with Crippen molar-refractivity contribution in [2.45, 2.75) is 64.5 Å². The van der Waals surface area contributed by atoms with Crippen molar-refractivity contribution in [3.63, 3.8) is 0 Å². The van der Waals surface area contributed by atoms with Gasteiger partial charge in [0.15, 0.2) is 5.60 Å². The van der Waals surface area contributed by atoms with Crippen LogP contribution in [-0.4, -0.2) is 28.1 Å². The maximum Gasteiger partial charge on any atom is 0.329 e. The molecule has 23 heavy (non-hydrogen) atoms. The summed E-state index contributed by atoms with van der Waals surface area (Å²) in [6.07, 6.45) is 2.55. The first-order chi connectivity index (χ1) is 10.7. The number of aliphatic carboxylic acids is 1. The average Bonchev–Trinajstić information content (AvgIpc) is 2.93. The Labute approximate surface area is 137 Å². The van der Waals surface area contributed by atoms with Crippen molar-refractivity contribution in [3.05, 3.63) is 29.3 Å². The maximum atomic E-state index is 12.6. The van der Waals surface area contributed by atoms with Crippen LogP contribution in [0.3, 0.4) is 0 Å².